The molecule has 0 radical (unpaired) electrons. The van der Waals surface area contributed by atoms with Crippen molar-refractivity contribution in [3.8, 4) is 0 Å². The molecule has 2 rings (SSSR count). The van der Waals surface area contributed by atoms with E-state index in [1.165, 1.54) is 15.6 Å². The molecule has 2 heterocycles. The second-order valence-electron chi connectivity index (χ2n) is 3.56. The molecule has 1 atom stereocenters. The van der Waals surface area contributed by atoms with Crippen LogP contribution in [0.15, 0.2) is 11.0 Å². The molecule has 15 heavy (non-hydrogen) atoms. The molecule has 0 saturated carbocycles. The van der Waals surface area contributed by atoms with Gasteiger partial charge in [0.15, 0.2) is 5.65 Å². The Bertz CT molecular complexity index is 540. The first kappa shape index (κ1) is 9.78. The molecule has 2 aromatic heterocycles. The maximum atomic E-state index is 11.8. The Morgan fingerprint density at radius 1 is 1.60 bits per heavy atom. The highest BCUT2D eigenvalue weighted by atomic mass is 16.1. The third-order valence-corrected chi connectivity index (χ3v) is 2.08. The van der Waals surface area contributed by atoms with Crippen molar-refractivity contribution in [1.29, 1.82) is 0 Å². The average molecular weight is 208 g/mol. The SMILES string of the molecule is CC(N)Cn1nnc2c(cnn2C)c1=O. The maximum Gasteiger partial charge on any atom is 0.280 e. The number of fused-ring (bicyclic) bond motifs is 1. The predicted molar refractivity (Wildman–Crippen MR) is 54.2 cm³/mol. The summed E-state index contributed by atoms with van der Waals surface area (Å²) >= 11 is 0. The fourth-order valence-corrected chi connectivity index (χ4v) is 1.37. The zero-order valence-electron chi connectivity index (χ0n) is 8.58. The molecular weight excluding hydrogens is 196 g/mol. The summed E-state index contributed by atoms with van der Waals surface area (Å²) in [5.41, 5.74) is 5.88. The van der Waals surface area contributed by atoms with E-state index in [2.05, 4.69) is 15.4 Å². The van der Waals surface area contributed by atoms with Crippen molar-refractivity contribution in [2.75, 3.05) is 0 Å². The molecular formula is C8H12N6O. The normalized spacial score (nSPS) is 13.3. The minimum absolute atomic E-state index is 0.133. The van der Waals surface area contributed by atoms with Crippen LogP contribution in [-0.2, 0) is 13.6 Å². The molecule has 0 amide bonds. The van der Waals surface area contributed by atoms with Crippen LogP contribution in [-0.4, -0.2) is 30.8 Å². The Hall–Kier alpha value is -1.76. The average Bonchev–Trinajstić information content (AvgIpc) is 2.53. The Kier molecular flexibility index (Phi) is 2.24. The van der Waals surface area contributed by atoms with Gasteiger partial charge in [0.05, 0.1) is 12.7 Å². The Morgan fingerprint density at radius 3 is 3.00 bits per heavy atom. The van der Waals surface area contributed by atoms with Crippen molar-refractivity contribution in [3.05, 3.63) is 16.6 Å². The molecule has 80 valence electrons. The fourth-order valence-electron chi connectivity index (χ4n) is 1.37. The molecule has 0 aliphatic heterocycles. The van der Waals surface area contributed by atoms with Gasteiger partial charge in [0, 0.05) is 13.1 Å². The number of nitrogens with two attached hydrogens (primary N) is 1. The molecule has 0 spiro atoms. The van der Waals surface area contributed by atoms with Crippen molar-refractivity contribution >= 4 is 11.0 Å². The Labute approximate surface area is 85.5 Å². The number of hydrogen-bond acceptors (Lipinski definition) is 5. The molecule has 2 N–H and O–H groups in total. The summed E-state index contributed by atoms with van der Waals surface area (Å²) < 4.78 is 2.77. The molecule has 0 aliphatic carbocycles. The van der Waals surface area contributed by atoms with Gasteiger partial charge in [-0.05, 0) is 6.92 Å². The Balaban J connectivity index is 2.61. The smallest absolute Gasteiger partial charge is 0.280 e. The number of hydrogen-bond donors (Lipinski definition) is 1. The van der Waals surface area contributed by atoms with E-state index in [4.69, 9.17) is 5.73 Å². The van der Waals surface area contributed by atoms with E-state index in [1.54, 1.807) is 7.05 Å². The first-order chi connectivity index (χ1) is 7.09. The first-order valence-corrected chi connectivity index (χ1v) is 4.60. The highest BCUT2D eigenvalue weighted by molar-refractivity contribution is 5.72. The van der Waals surface area contributed by atoms with Crippen molar-refractivity contribution in [2.24, 2.45) is 12.8 Å². The van der Waals surface area contributed by atoms with Crippen molar-refractivity contribution in [1.82, 2.24) is 24.8 Å². The van der Waals surface area contributed by atoms with E-state index in [0.29, 0.717) is 17.6 Å². The monoisotopic (exact) mass is 208 g/mol. The summed E-state index contributed by atoms with van der Waals surface area (Å²) in [5, 5.41) is 12.1. The molecule has 1 unspecified atom stereocenters. The third-order valence-electron chi connectivity index (χ3n) is 2.08. The van der Waals surface area contributed by atoms with E-state index in [0.717, 1.165) is 0 Å². The summed E-state index contributed by atoms with van der Waals surface area (Å²) in [5.74, 6) is 0. The first-order valence-electron chi connectivity index (χ1n) is 4.60. The van der Waals surface area contributed by atoms with Gasteiger partial charge in [-0.25, -0.2) is 9.36 Å². The molecule has 0 bridgehead atoms. The largest absolute Gasteiger partial charge is 0.326 e. The number of aromatic nitrogens is 5. The van der Waals surface area contributed by atoms with Gasteiger partial charge in [0.2, 0.25) is 0 Å². The van der Waals surface area contributed by atoms with Gasteiger partial charge in [-0.15, -0.1) is 5.10 Å². The second kappa shape index (κ2) is 3.43. The van der Waals surface area contributed by atoms with Gasteiger partial charge in [-0.3, -0.25) is 4.79 Å². The van der Waals surface area contributed by atoms with Crippen molar-refractivity contribution in [2.45, 2.75) is 19.5 Å². The summed E-state index contributed by atoms with van der Waals surface area (Å²) in [6.07, 6.45) is 1.49. The number of nitrogens with zero attached hydrogens (tertiary/aromatic N) is 5. The van der Waals surface area contributed by atoms with Crippen LogP contribution in [0, 0.1) is 0 Å². The molecule has 2 aromatic rings. The minimum atomic E-state index is -0.203. The molecule has 0 aliphatic rings. The fraction of sp³-hybridized carbons (Fsp3) is 0.500. The topological polar surface area (TPSA) is 91.6 Å². The molecule has 0 saturated heterocycles. The second-order valence-corrected chi connectivity index (χ2v) is 3.56. The summed E-state index contributed by atoms with van der Waals surface area (Å²) in [7, 11) is 1.71. The number of aryl methyl sites for hydroxylation is 1. The number of rotatable bonds is 2. The highest BCUT2D eigenvalue weighted by Gasteiger charge is 2.09. The Morgan fingerprint density at radius 2 is 2.33 bits per heavy atom. The molecule has 0 fully saturated rings. The summed E-state index contributed by atoms with van der Waals surface area (Å²) in [6.45, 7) is 2.16. The lowest BCUT2D eigenvalue weighted by Crippen LogP contribution is -2.32. The maximum absolute atomic E-state index is 11.8. The van der Waals surface area contributed by atoms with Crippen LogP contribution in [0.1, 0.15) is 6.92 Å². The van der Waals surface area contributed by atoms with E-state index in [9.17, 15) is 4.79 Å². The van der Waals surface area contributed by atoms with Crippen molar-refractivity contribution in [3.63, 3.8) is 0 Å². The van der Waals surface area contributed by atoms with Crippen LogP contribution in [0.4, 0.5) is 0 Å². The predicted octanol–water partition coefficient (Wildman–Crippen LogP) is -1.13. The van der Waals surface area contributed by atoms with E-state index in [1.807, 2.05) is 6.92 Å². The quantitative estimate of drug-likeness (QED) is 0.674. The van der Waals surface area contributed by atoms with Crippen LogP contribution in [0.5, 0.6) is 0 Å². The third kappa shape index (κ3) is 1.61. The van der Waals surface area contributed by atoms with Gasteiger partial charge >= 0.3 is 0 Å². The highest BCUT2D eigenvalue weighted by Crippen LogP contribution is 2.01. The van der Waals surface area contributed by atoms with Gasteiger partial charge in [0.1, 0.15) is 5.39 Å². The molecule has 0 aromatic carbocycles. The van der Waals surface area contributed by atoms with Gasteiger partial charge in [-0.2, -0.15) is 5.10 Å². The van der Waals surface area contributed by atoms with Crippen LogP contribution in [0.2, 0.25) is 0 Å². The lowest BCUT2D eigenvalue weighted by molar-refractivity contribution is 0.493. The minimum Gasteiger partial charge on any atom is -0.326 e. The van der Waals surface area contributed by atoms with E-state index < -0.39 is 0 Å². The lowest BCUT2D eigenvalue weighted by Gasteiger charge is -2.05. The molecule has 7 nitrogen and oxygen atoms in total. The van der Waals surface area contributed by atoms with Crippen LogP contribution < -0.4 is 11.3 Å². The van der Waals surface area contributed by atoms with E-state index >= 15 is 0 Å². The summed E-state index contributed by atoms with van der Waals surface area (Å²) in [4.78, 5) is 11.8. The lowest BCUT2D eigenvalue weighted by atomic mass is 10.3. The van der Waals surface area contributed by atoms with Gasteiger partial charge < -0.3 is 5.73 Å². The van der Waals surface area contributed by atoms with Crippen LogP contribution >= 0.6 is 0 Å². The van der Waals surface area contributed by atoms with Gasteiger partial charge in [-0.1, -0.05) is 5.21 Å². The van der Waals surface area contributed by atoms with Crippen molar-refractivity contribution < 1.29 is 0 Å². The van der Waals surface area contributed by atoms with Gasteiger partial charge in [0.25, 0.3) is 5.56 Å². The van der Waals surface area contributed by atoms with Crippen LogP contribution in [0.3, 0.4) is 0 Å². The van der Waals surface area contributed by atoms with E-state index in [-0.39, 0.29) is 11.6 Å². The van der Waals surface area contributed by atoms with Crippen LogP contribution in [0.25, 0.3) is 11.0 Å². The zero-order chi connectivity index (χ0) is 11.0. The summed E-state index contributed by atoms with van der Waals surface area (Å²) in [6, 6.07) is -0.133. The zero-order valence-corrected chi connectivity index (χ0v) is 8.58. The molecule has 7 heteroatoms. The standard InChI is InChI=1S/C8H12N6O/c1-5(9)4-14-8(15)6-3-10-13(2)7(6)11-12-14/h3,5H,4,9H2,1-2H3.